The van der Waals surface area contributed by atoms with Crippen molar-refractivity contribution < 1.29 is 39.6 Å². The van der Waals surface area contributed by atoms with E-state index in [2.05, 4.69) is 9.97 Å². The summed E-state index contributed by atoms with van der Waals surface area (Å²) in [5, 5.41) is 0. The van der Waals surface area contributed by atoms with Crippen LogP contribution in [0.1, 0.15) is 0 Å². The zero-order valence-corrected chi connectivity index (χ0v) is 6.77. The Balaban J connectivity index is 3.02. The molecular weight excluding hydrogens is 216 g/mol. The predicted octanol–water partition coefficient (Wildman–Crippen LogP) is -0.349. The number of nitrogens with zero attached hydrogens (tertiary/aromatic N) is 2. The van der Waals surface area contributed by atoms with E-state index in [-0.39, 0.29) is 0 Å². The van der Waals surface area contributed by atoms with Crippen molar-refractivity contribution in [2.45, 2.75) is 0 Å². The summed E-state index contributed by atoms with van der Waals surface area (Å²) >= 11 is 1.00. The Kier molecular flexibility index (Phi) is 2.15. The van der Waals surface area contributed by atoms with Gasteiger partial charge in [-0.1, -0.05) is 0 Å². The molecule has 1 aromatic heterocycles. The minimum atomic E-state index is 1.00. The summed E-state index contributed by atoms with van der Waals surface area (Å²) in [6.45, 7) is 0. The van der Waals surface area contributed by atoms with Gasteiger partial charge in [-0.15, -0.1) is 0 Å². The van der Waals surface area contributed by atoms with Gasteiger partial charge in [0.2, 0.25) is 0 Å². The van der Waals surface area contributed by atoms with Crippen LogP contribution in [-0.2, 0) is 0 Å². The van der Waals surface area contributed by atoms with Crippen LogP contribution in [0.2, 0.25) is 0 Å². The zero-order chi connectivity index (χ0) is 5.11. The van der Waals surface area contributed by atoms with Gasteiger partial charge in [-0.25, -0.2) is 0 Å². The normalized spacial score (nSPS) is 8.43. The number of rotatable bonds is 0. The van der Waals surface area contributed by atoms with E-state index in [1.54, 1.807) is 18.6 Å². The molecule has 1 heterocycles. The van der Waals surface area contributed by atoms with Gasteiger partial charge >= 0.3 is 69.4 Å². The molecule has 0 bridgehead atoms. The van der Waals surface area contributed by atoms with Crippen LogP contribution in [0.15, 0.2) is 18.6 Å². The van der Waals surface area contributed by atoms with Crippen molar-refractivity contribution in [1.29, 1.82) is 0 Å². The van der Waals surface area contributed by atoms with Gasteiger partial charge in [0, 0.05) is 0 Å². The summed E-state index contributed by atoms with van der Waals surface area (Å²) in [6, 6.07) is 0. The van der Waals surface area contributed by atoms with Crippen molar-refractivity contribution in [3.8, 4) is 0 Å². The molecule has 0 fully saturated rings. The summed E-state index contributed by atoms with van der Waals surface area (Å²) in [5.74, 6) is 0. The molecule has 0 N–H and O–H groups in total. The summed E-state index contributed by atoms with van der Waals surface area (Å²) in [5.41, 5.74) is 0. The molecular formula is C4H3CeN2. The standard InChI is InChI=1S/C4H3N2.Ce/c1-2-6-4-3-5-1;/h1-3H;. The molecule has 0 aromatic carbocycles. The van der Waals surface area contributed by atoms with E-state index in [4.69, 9.17) is 0 Å². The second-order valence-corrected chi connectivity index (χ2v) is 2.70. The van der Waals surface area contributed by atoms with Crippen LogP contribution in [0.5, 0.6) is 0 Å². The van der Waals surface area contributed by atoms with Crippen molar-refractivity contribution in [3.05, 3.63) is 18.6 Å². The summed E-state index contributed by atoms with van der Waals surface area (Å²) in [7, 11) is 0. The van der Waals surface area contributed by atoms with Gasteiger partial charge in [0.05, 0.1) is 0 Å². The first-order valence-corrected chi connectivity index (χ1v) is 3.44. The van der Waals surface area contributed by atoms with E-state index in [0.29, 0.717) is 0 Å². The fourth-order valence-corrected chi connectivity index (χ4v) is 0.767. The molecule has 33 valence electrons. The Hall–Kier alpha value is 0.457. The third-order valence-corrected chi connectivity index (χ3v) is 1.37. The van der Waals surface area contributed by atoms with Crippen LogP contribution in [0.4, 0.5) is 0 Å². The second kappa shape index (κ2) is 2.69. The maximum absolute atomic E-state index is 3.98. The van der Waals surface area contributed by atoms with Gasteiger partial charge in [0.25, 0.3) is 0 Å². The van der Waals surface area contributed by atoms with Gasteiger partial charge in [-0.05, 0) is 0 Å². The average Bonchev–Trinajstić information content (AvgIpc) is 1.69. The van der Waals surface area contributed by atoms with Crippen LogP contribution in [-0.4, -0.2) is 9.97 Å². The Morgan fingerprint density at radius 2 is 2.29 bits per heavy atom. The predicted molar refractivity (Wildman–Crippen MR) is 21.7 cm³/mol. The van der Waals surface area contributed by atoms with Crippen LogP contribution in [0.25, 0.3) is 0 Å². The molecule has 2 nitrogen and oxygen atoms in total. The SMILES string of the molecule is [Ce][c]1cnccn1. The third-order valence-electron chi connectivity index (χ3n) is 0.563. The molecule has 1 aromatic rings. The molecule has 0 unspecified atom stereocenters. The van der Waals surface area contributed by atoms with Crippen molar-refractivity contribution >= 4 is 1.21 Å². The van der Waals surface area contributed by atoms with Gasteiger partial charge in [0.15, 0.2) is 0 Å². The Morgan fingerprint density at radius 3 is 2.57 bits per heavy atom. The minimum absolute atomic E-state index is 1.00. The summed E-state index contributed by atoms with van der Waals surface area (Å²) < 4.78 is 1.10. The second-order valence-electron chi connectivity index (χ2n) is 1.09. The molecule has 0 aliphatic carbocycles. The molecule has 0 saturated heterocycles. The van der Waals surface area contributed by atoms with E-state index in [1.807, 2.05) is 0 Å². The molecule has 0 aliphatic rings. The molecule has 0 atom stereocenters. The molecule has 0 radical (unpaired) electrons. The van der Waals surface area contributed by atoms with Crippen molar-refractivity contribution in [2.24, 2.45) is 0 Å². The average molecular weight is 219 g/mol. The van der Waals surface area contributed by atoms with Gasteiger partial charge in [0.1, 0.15) is 0 Å². The van der Waals surface area contributed by atoms with Gasteiger partial charge in [-0.2, -0.15) is 0 Å². The topological polar surface area (TPSA) is 25.8 Å². The van der Waals surface area contributed by atoms with Crippen molar-refractivity contribution in [2.75, 3.05) is 0 Å². The maximum atomic E-state index is 3.98. The van der Waals surface area contributed by atoms with E-state index < -0.39 is 0 Å². The summed E-state index contributed by atoms with van der Waals surface area (Å²) in [6.07, 6.45) is 5.18. The van der Waals surface area contributed by atoms with E-state index in [0.717, 1.165) is 40.9 Å². The molecule has 1 rings (SSSR count). The molecule has 7 heavy (non-hydrogen) atoms. The van der Waals surface area contributed by atoms with Gasteiger partial charge in [-0.3, -0.25) is 0 Å². The van der Waals surface area contributed by atoms with Crippen LogP contribution in [0.3, 0.4) is 0 Å². The first kappa shape index (κ1) is 5.59. The molecule has 0 spiro atoms. The van der Waals surface area contributed by atoms with Crippen molar-refractivity contribution in [1.82, 2.24) is 9.97 Å². The first-order chi connectivity index (χ1) is 3.39. The third kappa shape index (κ3) is 1.79. The zero-order valence-electron chi connectivity index (χ0n) is 3.63. The van der Waals surface area contributed by atoms with Gasteiger partial charge < -0.3 is 0 Å². The fraction of sp³-hybridized carbons (Fsp3) is 0. The van der Waals surface area contributed by atoms with Crippen molar-refractivity contribution in [3.63, 3.8) is 0 Å². The molecule has 0 amide bonds. The number of aromatic nitrogens is 2. The number of hydrogen-bond donors (Lipinski definition) is 0. The monoisotopic (exact) mass is 219 g/mol. The quantitative estimate of drug-likeness (QED) is 0.596. The van der Waals surface area contributed by atoms with Crippen LogP contribution < -0.4 is 1.21 Å². The van der Waals surface area contributed by atoms with Crippen LogP contribution in [0, 0.1) is 39.6 Å². The molecule has 3 heteroatoms. The van der Waals surface area contributed by atoms with E-state index in [9.17, 15) is 0 Å². The Labute approximate surface area is 68.7 Å². The van der Waals surface area contributed by atoms with E-state index >= 15 is 0 Å². The first-order valence-electron chi connectivity index (χ1n) is 1.87. The van der Waals surface area contributed by atoms with E-state index in [1.165, 1.54) is 0 Å². The Morgan fingerprint density at radius 1 is 1.43 bits per heavy atom. The summed E-state index contributed by atoms with van der Waals surface area (Å²) in [4.78, 5) is 7.83. The fourth-order valence-electron chi connectivity index (χ4n) is 0.299. The number of hydrogen-bond acceptors (Lipinski definition) is 2. The Bertz CT molecular complexity index is 140. The molecule has 0 aliphatic heterocycles. The van der Waals surface area contributed by atoms with Crippen LogP contribution >= 0.6 is 0 Å². The molecule has 0 saturated carbocycles.